The summed E-state index contributed by atoms with van der Waals surface area (Å²) in [5, 5.41) is 36.9. The molecule has 4 aromatic heterocycles. The normalized spacial score (nSPS) is 25.3. The monoisotopic (exact) mass is 1060 g/mol. The molecule has 2 aromatic carbocycles. The Hall–Kier alpha value is -7.27. The number of nitrogens with one attached hydrogen (secondary N) is 1. The fraction of sp³-hybridized carbons (Fsp3) is 0.466. The number of aliphatic hydroxyl groups excluding tert-OH is 1. The second kappa shape index (κ2) is 20.3. The van der Waals surface area contributed by atoms with Crippen molar-refractivity contribution in [1.82, 2.24) is 40.4 Å². The molecule has 0 radical (unpaired) electrons. The molecule has 7 aliphatic rings. The number of carbonyl (C=O) groups is 2. The fourth-order valence-electron chi connectivity index (χ4n) is 13.2. The summed E-state index contributed by atoms with van der Waals surface area (Å²) in [6, 6.07) is 22.4. The summed E-state index contributed by atoms with van der Waals surface area (Å²) in [6.07, 6.45) is 6.64. The molecule has 6 atom stereocenters. The number of hydrogen-bond acceptors (Lipinski definition) is 17. The number of aryl methyl sites for hydroxylation is 1. The van der Waals surface area contributed by atoms with Crippen LogP contribution in [-0.2, 0) is 9.59 Å². The second-order valence-electron chi connectivity index (χ2n) is 22.7. The molecular formula is C58H65N11O7S. The molecule has 3 aliphatic carbocycles. The van der Waals surface area contributed by atoms with E-state index in [0.717, 1.165) is 97.9 Å². The molecule has 18 nitrogen and oxygen atoms in total. The molecular weight excluding hydrogens is 995 g/mol. The number of piperazine rings is 1. The Bertz CT molecular complexity index is 3210. The van der Waals surface area contributed by atoms with Gasteiger partial charge in [-0.25, -0.2) is 9.97 Å². The molecule has 7 fully saturated rings. The smallest absolute Gasteiger partial charge is 0.255 e. The van der Waals surface area contributed by atoms with Crippen LogP contribution in [0.25, 0.3) is 21.7 Å². The molecule has 6 aromatic rings. The molecule has 77 heavy (non-hydrogen) atoms. The number of aromatic nitrogens is 5. The van der Waals surface area contributed by atoms with Crippen molar-refractivity contribution in [2.45, 2.75) is 109 Å². The number of rotatable bonds is 16. The highest BCUT2D eigenvalue weighted by Crippen LogP contribution is 2.73. The van der Waals surface area contributed by atoms with Gasteiger partial charge in [-0.05, 0) is 97.8 Å². The number of phenols is 1. The predicted octanol–water partition coefficient (Wildman–Crippen LogP) is 7.00. The maximum atomic E-state index is 14.2. The number of likely N-dealkylation sites (tertiary alicyclic amines) is 2. The minimum atomic E-state index is -0.835. The van der Waals surface area contributed by atoms with Crippen molar-refractivity contribution < 1.29 is 33.8 Å². The SMILES string of the molecule is Cc1ncsc1-c1ccc([C@H](C)NC(=O)[C@@H]2C[C@@H](O)CN2C(=O)[C@@H](c2cc(OCC#CC34CC(CN5CC(Oc6cc(N7C8CCC7CN(c7cc(-c9ccccc9O)nnc7N)C8)ccn6)C5)(C3)C4)no2)C(C)C)cc1. The average Bonchev–Trinajstić information content (AvgIpc) is 4.33. The number of fused-ring (bicyclic) bond motifs is 2. The van der Waals surface area contributed by atoms with Crippen LogP contribution in [0.1, 0.15) is 88.3 Å². The van der Waals surface area contributed by atoms with Crippen LogP contribution >= 0.6 is 11.3 Å². The minimum Gasteiger partial charge on any atom is -0.507 e. The zero-order valence-electron chi connectivity index (χ0n) is 43.8. The van der Waals surface area contributed by atoms with Crippen LogP contribution in [0.3, 0.4) is 0 Å². The maximum absolute atomic E-state index is 14.2. The number of amides is 2. The molecule has 4 saturated heterocycles. The molecule has 4 aliphatic heterocycles. The number of phenolic OH excluding ortho intramolecular Hbond substituents is 1. The number of aliphatic hydroxyl groups is 1. The molecule has 8 heterocycles. The van der Waals surface area contributed by atoms with Gasteiger partial charge < -0.3 is 50.0 Å². The lowest BCUT2D eigenvalue weighted by Gasteiger charge is -2.70. The number of thiazole rings is 1. The summed E-state index contributed by atoms with van der Waals surface area (Å²) < 4.78 is 18.1. The van der Waals surface area contributed by atoms with Crippen LogP contribution < -0.4 is 30.3 Å². The predicted molar refractivity (Wildman–Crippen MR) is 291 cm³/mol. The van der Waals surface area contributed by atoms with E-state index in [0.29, 0.717) is 46.2 Å². The van der Waals surface area contributed by atoms with Gasteiger partial charge in [-0.1, -0.05) is 62.1 Å². The number of nitrogen functional groups attached to an aromatic ring is 1. The van der Waals surface area contributed by atoms with Crippen LogP contribution in [0.2, 0.25) is 0 Å². The molecule has 13 rings (SSSR count). The molecule has 5 N–H and O–H groups in total. The Morgan fingerprint density at radius 2 is 1.71 bits per heavy atom. The van der Waals surface area contributed by atoms with Crippen LogP contribution in [0, 0.1) is 35.5 Å². The highest BCUT2D eigenvalue weighted by molar-refractivity contribution is 7.13. The van der Waals surface area contributed by atoms with Gasteiger partial charge in [0.1, 0.15) is 23.8 Å². The Balaban J connectivity index is 0.584. The largest absolute Gasteiger partial charge is 0.507 e. The Morgan fingerprint density at radius 3 is 2.44 bits per heavy atom. The van der Waals surface area contributed by atoms with Crippen molar-refractivity contribution in [3.63, 3.8) is 0 Å². The molecule has 3 saturated carbocycles. The van der Waals surface area contributed by atoms with Gasteiger partial charge in [0.25, 0.3) is 5.88 Å². The van der Waals surface area contributed by atoms with Crippen molar-refractivity contribution in [3.8, 4) is 51.0 Å². The van der Waals surface area contributed by atoms with Gasteiger partial charge in [-0.2, -0.15) is 0 Å². The van der Waals surface area contributed by atoms with E-state index in [-0.39, 0.29) is 66.5 Å². The number of nitrogens with two attached hydrogens (primary N) is 1. The van der Waals surface area contributed by atoms with Crippen molar-refractivity contribution in [2.24, 2.45) is 16.7 Å². The summed E-state index contributed by atoms with van der Waals surface area (Å²) in [6.45, 7) is 12.3. The standard InChI is InChI=1S/C58H65N11O7S/c1-34(2)52(56(73)68-26-42(70)21-47(68)55(72)62-35(3)37-10-12-38(13-11-37)53-36(4)61-33-77-53)49-23-51(65-76-49)74-19-7-17-57-29-58(30-57,31-57)32-66-27-43(28-66)75-50-20-39(16-18-60-50)69-40-14-15-41(69)25-67(24-40)46-22-45(63-64-54(46)59)44-8-5-6-9-48(44)71/h5-6,8-13,16,18,20,22-23,33-35,40-43,47,52,70-71H,14-15,19,21,24-32H2,1-4H3,(H2,59,64)(H,62,72)/t35-,40?,41?,42+,47-,52+,57?,58?/m0/s1. The number of para-hydroxylation sites is 1. The molecule has 4 bridgehead atoms. The van der Waals surface area contributed by atoms with Crippen LogP contribution in [0.5, 0.6) is 17.5 Å². The van der Waals surface area contributed by atoms with Crippen LogP contribution in [0.15, 0.2) is 89.0 Å². The second-order valence-corrected chi connectivity index (χ2v) is 23.6. The van der Waals surface area contributed by atoms with Crippen molar-refractivity contribution >= 4 is 40.3 Å². The zero-order chi connectivity index (χ0) is 53.2. The van der Waals surface area contributed by atoms with Gasteiger partial charge in [0.05, 0.1) is 39.6 Å². The number of benzene rings is 2. The van der Waals surface area contributed by atoms with E-state index in [2.05, 4.69) is 69.3 Å². The summed E-state index contributed by atoms with van der Waals surface area (Å²) in [5.41, 5.74) is 14.7. The number of pyridine rings is 1. The van der Waals surface area contributed by atoms with E-state index in [4.69, 9.17) is 19.7 Å². The number of aromatic hydroxyl groups is 1. The van der Waals surface area contributed by atoms with Gasteiger partial charge >= 0.3 is 0 Å². The lowest BCUT2D eigenvalue weighted by atomic mass is 9.35. The molecule has 2 unspecified atom stereocenters. The van der Waals surface area contributed by atoms with Gasteiger partial charge in [-0.15, -0.1) is 21.5 Å². The maximum Gasteiger partial charge on any atom is 0.255 e. The Morgan fingerprint density at radius 1 is 0.948 bits per heavy atom. The molecule has 19 heteroatoms. The zero-order valence-corrected chi connectivity index (χ0v) is 44.7. The number of nitrogens with zero attached hydrogens (tertiary/aromatic N) is 9. The Labute approximate surface area is 452 Å². The quantitative estimate of drug-likeness (QED) is 0.0717. The first-order valence-electron chi connectivity index (χ1n) is 26.9. The van der Waals surface area contributed by atoms with E-state index < -0.39 is 18.1 Å². The van der Waals surface area contributed by atoms with E-state index in [9.17, 15) is 19.8 Å². The number of carbonyl (C=O) groups excluding carboxylic acids is 2. The molecule has 0 spiro atoms. The average molecular weight is 1060 g/mol. The molecule has 2 amide bonds. The lowest BCUT2D eigenvalue weighted by molar-refractivity contribution is -0.186. The highest BCUT2D eigenvalue weighted by atomic mass is 32.1. The third kappa shape index (κ3) is 9.91. The van der Waals surface area contributed by atoms with E-state index in [1.165, 1.54) is 4.90 Å². The number of hydrogen-bond donors (Lipinski definition) is 4. The number of anilines is 3. The fourth-order valence-corrected chi connectivity index (χ4v) is 14.0. The van der Waals surface area contributed by atoms with Crippen molar-refractivity contribution in [1.29, 1.82) is 0 Å². The third-order valence-corrected chi connectivity index (χ3v) is 17.7. The molecule has 400 valence electrons. The van der Waals surface area contributed by atoms with E-state index >= 15 is 0 Å². The Kier molecular flexibility index (Phi) is 13.3. The topological polar surface area (TPSA) is 222 Å². The summed E-state index contributed by atoms with van der Waals surface area (Å²) in [5.74, 6) is 6.97. The summed E-state index contributed by atoms with van der Waals surface area (Å²) >= 11 is 1.59. The van der Waals surface area contributed by atoms with E-state index in [1.807, 2.05) is 81.9 Å². The highest BCUT2D eigenvalue weighted by Gasteiger charge is 2.67. The van der Waals surface area contributed by atoms with Gasteiger partial charge in [0.2, 0.25) is 17.7 Å². The first-order valence-corrected chi connectivity index (χ1v) is 27.8. The van der Waals surface area contributed by atoms with E-state index in [1.54, 1.807) is 29.5 Å². The summed E-state index contributed by atoms with van der Waals surface area (Å²) in [4.78, 5) is 46.9. The van der Waals surface area contributed by atoms with Gasteiger partial charge in [0, 0.05) is 92.8 Å². The van der Waals surface area contributed by atoms with Crippen LogP contribution in [-0.4, -0.2) is 133 Å². The third-order valence-electron chi connectivity index (χ3n) is 16.8. The van der Waals surface area contributed by atoms with Gasteiger partial charge in [-0.3, -0.25) is 14.5 Å². The first kappa shape index (κ1) is 50.5. The number of β-amino-alcohol motifs (C(OH)–C–C–N with tert-alkyl or cyclic N) is 1. The lowest BCUT2D eigenvalue weighted by Crippen LogP contribution is -2.68. The minimum absolute atomic E-state index is 0.0350. The van der Waals surface area contributed by atoms with Gasteiger partial charge in [0.15, 0.2) is 18.2 Å². The van der Waals surface area contributed by atoms with Crippen molar-refractivity contribution in [2.75, 3.05) is 61.4 Å². The van der Waals surface area contributed by atoms with Crippen LogP contribution in [0.4, 0.5) is 17.2 Å². The number of ether oxygens (including phenoxy) is 2. The summed E-state index contributed by atoms with van der Waals surface area (Å²) in [7, 11) is 0. The van der Waals surface area contributed by atoms with Crippen molar-refractivity contribution in [3.05, 3.63) is 102 Å². The first-order chi connectivity index (χ1) is 37.2.